The molecule has 0 nitrogen and oxygen atoms in total. The van der Waals surface area contributed by atoms with Crippen LogP contribution in [0.15, 0.2) is 12.1 Å². The highest BCUT2D eigenvalue weighted by Gasteiger charge is 2.23. The van der Waals surface area contributed by atoms with Gasteiger partial charge >= 0.3 is 0 Å². The number of fused-ring (bicyclic) bond motifs is 1. The lowest BCUT2D eigenvalue weighted by molar-refractivity contribution is 0.569. The molecule has 76 valence electrons. The van der Waals surface area contributed by atoms with Crippen LogP contribution >= 0.6 is 0 Å². The number of rotatable bonds is 1. The van der Waals surface area contributed by atoms with Crippen LogP contribution in [0, 0.1) is 11.7 Å². The van der Waals surface area contributed by atoms with Crippen molar-refractivity contribution in [3.05, 3.63) is 34.6 Å². The lowest BCUT2D eigenvalue weighted by Crippen LogP contribution is -1.98. The first-order valence-electron chi connectivity index (χ1n) is 5.39. The van der Waals surface area contributed by atoms with E-state index in [9.17, 15) is 4.39 Å². The fraction of sp³-hybridized carbons (Fsp3) is 0.538. The van der Waals surface area contributed by atoms with E-state index in [2.05, 4.69) is 13.0 Å². The molecule has 0 radical (unpaired) electrons. The molecule has 1 heteroatoms. The number of halogens is 1. The van der Waals surface area contributed by atoms with Gasteiger partial charge in [0.1, 0.15) is 5.82 Å². The molecule has 1 aliphatic rings. The van der Waals surface area contributed by atoms with E-state index in [1.807, 2.05) is 19.9 Å². The number of hydrogen-bond donors (Lipinski definition) is 0. The lowest BCUT2D eigenvalue weighted by atomic mass is 9.97. The minimum absolute atomic E-state index is 0.0573. The maximum absolute atomic E-state index is 14.0. The summed E-state index contributed by atoms with van der Waals surface area (Å²) in [5, 5.41) is 0. The van der Waals surface area contributed by atoms with Crippen LogP contribution in [0.1, 0.15) is 43.4 Å². The van der Waals surface area contributed by atoms with Crippen LogP contribution < -0.4 is 0 Å². The van der Waals surface area contributed by atoms with Crippen LogP contribution in [-0.2, 0) is 12.8 Å². The first-order valence-corrected chi connectivity index (χ1v) is 5.39. The zero-order valence-corrected chi connectivity index (χ0v) is 9.10. The molecule has 2 rings (SSSR count). The maximum atomic E-state index is 14.0. The van der Waals surface area contributed by atoms with Gasteiger partial charge in [0.2, 0.25) is 0 Å². The average Bonchev–Trinajstić information content (AvgIpc) is 2.46. The molecule has 0 aliphatic heterocycles. The smallest absolute Gasteiger partial charge is 0.130 e. The summed E-state index contributed by atoms with van der Waals surface area (Å²) < 4.78 is 14.0. The second-order valence-electron chi connectivity index (χ2n) is 4.77. The van der Waals surface area contributed by atoms with Crippen LogP contribution in [0.3, 0.4) is 0 Å². The molecule has 0 N–H and O–H groups in total. The molecule has 0 aromatic heterocycles. The Morgan fingerprint density at radius 3 is 2.64 bits per heavy atom. The fourth-order valence-electron chi connectivity index (χ4n) is 2.33. The van der Waals surface area contributed by atoms with Crippen LogP contribution in [-0.4, -0.2) is 0 Å². The summed E-state index contributed by atoms with van der Waals surface area (Å²) in [5.41, 5.74) is 3.07. The molecule has 1 aliphatic carbocycles. The molecule has 1 aromatic rings. The Balaban J connectivity index is 2.48. The molecule has 0 amide bonds. The summed E-state index contributed by atoms with van der Waals surface area (Å²) in [4.78, 5) is 0. The molecule has 0 spiro atoms. The molecular weight excluding hydrogens is 175 g/mol. The Morgan fingerprint density at radius 1 is 1.29 bits per heavy atom. The van der Waals surface area contributed by atoms with Gasteiger partial charge in [-0.25, -0.2) is 4.39 Å². The van der Waals surface area contributed by atoms with Gasteiger partial charge in [-0.3, -0.25) is 0 Å². The first kappa shape index (κ1) is 9.70. The van der Waals surface area contributed by atoms with Crippen LogP contribution in [0.25, 0.3) is 0 Å². The highest BCUT2D eigenvalue weighted by molar-refractivity contribution is 5.38. The van der Waals surface area contributed by atoms with Crippen molar-refractivity contribution in [1.82, 2.24) is 0 Å². The van der Waals surface area contributed by atoms with E-state index in [1.54, 1.807) is 0 Å². The van der Waals surface area contributed by atoms with E-state index in [1.165, 1.54) is 5.56 Å². The molecule has 0 fully saturated rings. The third-order valence-electron chi connectivity index (χ3n) is 3.11. The Labute approximate surface area is 85.1 Å². The molecule has 1 aromatic carbocycles. The Morgan fingerprint density at radius 2 is 2.00 bits per heavy atom. The van der Waals surface area contributed by atoms with Crippen molar-refractivity contribution in [1.29, 1.82) is 0 Å². The normalized spacial score (nSPS) is 20.2. The van der Waals surface area contributed by atoms with Gasteiger partial charge in [-0.05, 0) is 41.4 Å². The molecule has 0 saturated carbocycles. The van der Waals surface area contributed by atoms with Crippen molar-refractivity contribution >= 4 is 0 Å². The van der Waals surface area contributed by atoms with Gasteiger partial charge in [0, 0.05) is 0 Å². The first-order chi connectivity index (χ1) is 6.59. The van der Waals surface area contributed by atoms with Crippen molar-refractivity contribution in [2.24, 2.45) is 5.92 Å². The minimum Gasteiger partial charge on any atom is -0.206 e. The summed E-state index contributed by atoms with van der Waals surface area (Å²) in [6.07, 6.45) is 1.96. The van der Waals surface area contributed by atoms with E-state index in [0.29, 0.717) is 5.92 Å². The van der Waals surface area contributed by atoms with Gasteiger partial charge in [0.15, 0.2) is 0 Å². The predicted octanol–water partition coefficient (Wildman–Crippen LogP) is 3.68. The minimum atomic E-state index is 0.0573. The molecule has 0 saturated heterocycles. The summed E-state index contributed by atoms with van der Waals surface area (Å²) in [6, 6.07) is 4.06. The third-order valence-corrected chi connectivity index (χ3v) is 3.11. The van der Waals surface area contributed by atoms with Gasteiger partial charge in [0.25, 0.3) is 0 Å². The Hall–Kier alpha value is -0.850. The highest BCUT2D eigenvalue weighted by atomic mass is 19.1. The third kappa shape index (κ3) is 1.45. The van der Waals surface area contributed by atoms with Gasteiger partial charge in [-0.2, -0.15) is 0 Å². The van der Waals surface area contributed by atoms with Gasteiger partial charge in [-0.1, -0.05) is 32.9 Å². The second kappa shape index (κ2) is 3.38. The largest absolute Gasteiger partial charge is 0.206 e. The summed E-state index contributed by atoms with van der Waals surface area (Å²) in [5.74, 6) is 0.958. The van der Waals surface area contributed by atoms with Crippen LogP contribution in [0.5, 0.6) is 0 Å². The summed E-state index contributed by atoms with van der Waals surface area (Å²) in [7, 11) is 0. The van der Waals surface area contributed by atoms with Crippen molar-refractivity contribution in [2.45, 2.75) is 39.5 Å². The lowest BCUT2D eigenvalue weighted by Gasteiger charge is -2.10. The zero-order chi connectivity index (χ0) is 10.3. The van der Waals surface area contributed by atoms with Crippen molar-refractivity contribution < 1.29 is 4.39 Å². The fourth-order valence-corrected chi connectivity index (χ4v) is 2.33. The number of benzene rings is 1. The van der Waals surface area contributed by atoms with Crippen LogP contribution in [0.2, 0.25) is 0 Å². The molecule has 1 unspecified atom stereocenters. The molecule has 0 heterocycles. The van der Waals surface area contributed by atoms with Crippen molar-refractivity contribution in [3.8, 4) is 0 Å². The van der Waals surface area contributed by atoms with E-state index in [4.69, 9.17) is 0 Å². The van der Waals surface area contributed by atoms with Gasteiger partial charge in [0.05, 0.1) is 0 Å². The van der Waals surface area contributed by atoms with Crippen molar-refractivity contribution in [3.63, 3.8) is 0 Å². The zero-order valence-electron chi connectivity index (χ0n) is 9.10. The quantitative estimate of drug-likeness (QED) is 0.636. The SMILES string of the molecule is CC1Cc2ccc(C(C)C)c(F)c2C1. The van der Waals surface area contributed by atoms with E-state index >= 15 is 0 Å². The Kier molecular flexibility index (Phi) is 2.34. The number of hydrogen-bond acceptors (Lipinski definition) is 0. The standard InChI is InChI=1S/C13H17F/c1-8(2)11-5-4-10-6-9(3)7-12(10)13(11)14/h4-5,8-9H,6-7H2,1-3H3. The van der Waals surface area contributed by atoms with Crippen LogP contribution in [0.4, 0.5) is 4.39 Å². The molecule has 14 heavy (non-hydrogen) atoms. The second-order valence-corrected chi connectivity index (χ2v) is 4.77. The van der Waals surface area contributed by atoms with E-state index in [0.717, 1.165) is 24.0 Å². The topological polar surface area (TPSA) is 0 Å². The van der Waals surface area contributed by atoms with Gasteiger partial charge in [-0.15, -0.1) is 0 Å². The van der Waals surface area contributed by atoms with Crippen molar-refractivity contribution in [2.75, 3.05) is 0 Å². The van der Waals surface area contributed by atoms with E-state index in [-0.39, 0.29) is 11.7 Å². The summed E-state index contributed by atoms with van der Waals surface area (Å²) >= 11 is 0. The maximum Gasteiger partial charge on any atom is 0.130 e. The molecular formula is C13H17F. The molecule has 0 bridgehead atoms. The molecule has 1 atom stereocenters. The predicted molar refractivity (Wildman–Crippen MR) is 57.1 cm³/mol. The van der Waals surface area contributed by atoms with Gasteiger partial charge < -0.3 is 0 Å². The van der Waals surface area contributed by atoms with E-state index < -0.39 is 0 Å². The summed E-state index contributed by atoms with van der Waals surface area (Å²) in [6.45, 7) is 6.28. The monoisotopic (exact) mass is 192 g/mol. The highest BCUT2D eigenvalue weighted by Crippen LogP contribution is 2.32. The Bertz CT molecular complexity index is 352. The average molecular weight is 192 g/mol.